The van der Waals surface area contributed by atoms with Crippen LogP contribution in [-0.2, 0) is 6.42 Å². The highest BCUT2D eigenvalue weighted by atomic mass is 16.5. The van der Waals surface area contributed by atoms with Crippen LogP contribution < -0.4 is 10.5 Å². The van der Waals surface area contributed by atoms with Crippen LogP contribution in [0.15, 0.2) is 54.7 Å². The summed E-state index contributed by atoms with van der Waals surface area (Å²) in [5.41, 5.74) is 8.71. The second-order valence-electron chi connectivity index (χ2n) is 4.66. The van der Waals surface area contributed by atoms with Crippen molar-refractivity contribution in [1.29, 1.82) is 0 Å². The van der Waals surface area contributed by atoms with Crippen LogP contribution in [0.5, 0.6) is 11.5 Å². The third-order valence-corrected chi connectivity index (χ3v) is 3.30. The number of benzene rings is 2. The maximum Gasteiger partial charge on any atom is 0.153 e. The van der Waals surface area contributed by atoms with E-state index in [0.29, 0.717) is 5.69 Å². The molecule has 3 aromatic rings. The van der Waals surface area contributed by atoms with Gasteiger partial charge in [-0.15, -0.1) is 0 Å². The minimum Gasteiger partial charge on any atom is -0.455 e. The lowest BCUT2D eigenvalue weighted by Crippen LogP contribution is -1.92. The van der Waals surface area contributed by atoms with Gasteiger partial charge in [-0.25, -0.2) is 0 Å². The monoisotopic (exact) mass is 264 g/mol. The number of hydrogen-bond donors (Lipinski definition) is 1. The Labute approximate surface area is 118 Å². The Morgan fingerprint density at radius 1 is 1.10 bits per heavy atom. The van der Waals surface area contributed by atoms with E-state index in [0.717, 1.165) is 28.8 Å². The molecule has 20 heavy (non-hydrogen) atoms. The van der Waals surface area contributed by atoms with Crippen molar-refractivity contribution in [3.8, 4) is 11.5 Å². The predicted octanol–water partition coefficient (Wildman–Crippen LogP) is 4.17. The molecule has 0 saturated carbocycles. The number of nitrogens with two attached hydrogens (primary N) is 1. The minimum atomic E-state index is 0.711. The van der Waals surface area contributed by atoms with Gasteiger partial charge >= 0.3 is 0 Å². The van der Waals surface area contributed by atoms with Gasteiger partial charge in [-0.3, -0.25) is 4.98 Å². The highest BCUT2D eigenvalue weighted by Gasteiger charge is 2.07. The summed E-state index contributed by atoms with van der Waals surface area (Å²) in [5, 5.41) is 0.914. The Morgan fingerprint density at radius 2 is 2.00 bits per heavy atom. The first kappa shape index (κ1) is 12.5. The first-order valence-electron chi connectivity index (χ1n) is 6.68. The maximum absolute atomic E-state index is 5.97. The molecular formula is C17H16N2O. The van der Waals surface area contributed by atoms with Crippen molar-refractivity contribution in [1.82, 2.24) is 4.98 Å². The van der Waals surface area contributed by atoms with Gasteiger partial charge in [0.25, 0.3) is 0 Å². The molecule has 0 unspecified atom stereocenters. The molecule has 1 heterocycles. The molecule has 0 aliphatic rings. The molecule has 0 atom stereocenters. The fourth-order valence-corrected chi connectivity index (χ4v) is 2.21. The van der Waals surface area contributed by atoms with E-state index >= 15 is 0 Å². The van der Waals surface area contributed by atoms with Gasteiger partial charge in [-0.2, -0.15) is 0 Å². The van der Waals surface area contributed by atoms with Crippen molar-refractivity contribution < 1.29 is 4.74 Å². The normalized spacial score (nSPS) is 10.7. The van der Waals surface area contributed by atoms with Gasteiger partial charge < -0.3 is 10.5 Å². The molecule has 3 nitrogen and oxygen atoms in total. The molecule has 0 radical (unpaired) electrons. The zero-order valence-corrected chi connectivity index (χ0v) is 11.3. The van der Waals surface area contributed by atoms with Crippen LogP contribution in [0.2, 0.25) is 0 Å². The van der Waals surface area contributed by atoms with E-state index in [1.165, 1.54) is 5.56 Å². The molecule has 2 N–H and O–H groups in total. The molecule has 1 aromatic heterocycles. The number of aromatic nitrogens is 1. The van der Waals surface area contributed by atoms with Gasteiger partial charge in [-0.05, 0) is 48.4 Å². The molecule has 0 amide bonds. The van der Waals surface area contributed by atoms with Crippen LogP contribution in [0.1, 0.15) is 12.5 Å². The van der Waals surface area contributed by atoms with Crippen molar-refractivity contribution in [3.63, 3.8) is 0 Å². The number of fused-ring (bicyclic) bond motifs is 1. The molecule has 3 rings (SSSR count). The van der Waals surface area contributed by atoms with Crippen molar-refractivity contribution in [2.24, 2.45) is 0 Å². The van der Waals surface area contributed by atoms with E-state index in [2.05, 4.69) is 18.0 Å². The quantitative estimate of drug-likeness (QED) is 0.722. The van der Waals surface area contributed by atoms with Gasteiger partial charge in [0.15, 0.2) is 5.75 Å². The number of aryl methyl sites for hydroxylation is 1. The first-order valence-corrected chi connectivity index (χ1v) is 6.68. The maximum atomic E-state index is 5.97. The molecular weight excluding hydrogens is 248 g/mol. The summed E-state index contributed by atoms with van der Waals surface area (Å²) in [6, 6.07) is 15.6. The van der Waals surface area contributed by atoms with Gasteiger partial charge in [0.2, 0.25) is 0 Å². The van der Waals surface area contributed by atoms with Gasteiger partial charge in [-0.1, -0.05) is 19.1 Å². The van der Waals surface area contributed by atoms with Crippen molar-refractivity contribution in [2.45, 2.75) is 13.3 Å². The smallest absolute Gasteiger partial charge is 0.153 e. The number of rotatable bonds is 3. The summed E-state index contributed by atoms with van der Waals surface area (Å²) >= 11 is 0. The molecule has 3 heteroatoms. The summed E-state index contributed by atoms with van der Waals surface area (Å²) in [6.45, 7) is 2.12. The highest BCUT2D eigenvalue weighted by Crippen LogP contribution is 2.31. The molecule has 0 spiro atoms. The number of anilines is 1. The summed E-state index contributed by atoms with van der Waals surface area (Å²) in [5.74, 6) is 1.55. The largest absolute Gasteiger partial charge is 0.455 e. The zero-order valence-electron chi connectivity index (χ0n) is 11.3. The number of ether oxygens (including phenoxy) is 1. The molecule has 2 aromatic carbocycles. The highest BCUT2D eigenvalue weighted by molar-refractivity contribution is 5.94. The van der Waals surface area contributed by atoms with E-state index in [-0.39, 0.29) is 0 Å². The molecule has 0 aliphatic heterocycles. The van der Waals surface area contributed by atoms with E-state index in [9.17, 15) is 0 Å². The average Bonchev–Trinajstić information content (AvgIpc) is 2.51. The predicted molar refractivity (Wildman–Crippen MR) is 82.0 cm³/mol. The van der Waals surface area contributed by atoms with Gasteiger partial charge in [0, 0.05) is 17.3 Å². The average molecular weight is 264 g/mol. The molecule has 0 saturated heterocycles. The number of hydrogen-bond acceptors (Lipinski definition) is 3. The third-order valence-electron chi connectivity index (χ3n) is 3.30. The zero-order chi connectivity index (χ0) is 13.9. The third kappa shape index (κ3) is 2.30. The lowest BCUT2D eigenvalue weighted by molar-refractivity contribution is 0.486. The lowest BCUT2D eigenvalue weighted by atomic mass is 10.1. The van der Waals surface area contributed by atoms with Crippen LogP contribution in [-0.4, -0.2) is 4.98 Å². The molecule has 0 fully saturated rings. The summed E-state index contributed by atoms with van der Waals surface area (Å²) in [7, 11) is 0. The summed E-state index contributed by atoms with van der Waals surface area (Å²) in [6.07, 6.45) is 2.73. The number of nitrogen functional groups attached to an aromatic ring is 1. The topological polar surface area (TPSA) is 48.1 Å². The SMILES string of the molecule is CCc1cccc(Oc2ccc(N)c3cccnc23)c1. The van der Waals surface area contributed by atoms with Crippen molar-refractivity contribution >= 4 is 16.6 Å². The molecule has 0 aliphatic carbocycles. The van der Waals surface area contributed by atoms with Crippen LogP contribution in [0.25, 0.3) is 10.9 Å². The van der Waals surface area contributed by atoms with Crippen molar-refractivity contribution in [2.75, 3.05) is 5.73 Å². The van der Waals surface area contributed by atoms with Crippen molar-refractivity contribution in [3.05, 3.63) is 60.3 Å². The Morgan fingerprint density at radius 3 is 2.85 bits per heavy atom. The Hall–Kier alpha value is -2.55. The van der Waals surface area contributed by atoms with Crippen LogP contribution in [0, 0.1) is 0 Å². The van der Waals surface area contributed by atoms with E-state index < -0.39 is 0 Å². The summed E-state index contributed by atoms with van der Waals surface area (Å²) < 4.78 is 5.97. The van der Waals surface area contributed by atoms with E-state index in [4.69, 9.17) is 10.5 Å². The minimum absolute atomic E-state index is 0.711. The Bertz CT molecular complexity index is 753. The second kappa shape index (κ2) is 5.21. The van der Waals surface area contributed by atoms with Crippen LogP contribution >= 0.6 is 0 Å². The lowest BCUT2D eigenvalue weighted by Gasteiger charge is -2.10. The second-order valence-corrected chi connectivity index (χ2v) is 4.66. The van der Waals surface area contributed by atoms with E-state index in [1.54, 1.807) is 6.20 Å². The van der Waals surface area contributed by atoms with Gasteiger partial charge in [0.05, 0.1) is 0 Å². The molecule has 100 valence electrons. The fraction of sp³-hybridized carbons (Fsp3) is 0.118. The van der Waals surface area contributed by atoms with E-state index in [1.807, 2.05) is 42.5 Å². The number of nitrogens with zero attached hydrogens (tertiary/aromatic N) is 1. The standard InChI is InChI=1S/C17H16N2O/c1-2-12-5-3-6-13(11-12)20-16-9-8-15(18)14-7-4-10-19-17(14)16/h3-11H,2,18H2,1H3. The summed E-state index contributed by atoms with van der Waals surface area (Å²) in [4.78, 5) is 4.38. The van der Waals surface area contributed by atoms with Crippen LogP contribution in [0.4, 0.5) is 5.69 Å². The molecule has 0 bridgehead atoms. The Kier molecular flexibility index (Phi) is 3.25. The Balaban J connectivity index is 2.04. The first-order chi connectivity index (χ1) is 9.78. The van der Waals surface area contributed by atoms with Gasteiger partial charge in [0.1, 0.15) is 11.3 Å². The number of pyridine rings is 1. The fourth-order valence-electron chi connectivity index (χ4n) is 2.21. The van der Waals surface area contributed by atoms with Crippen LogP contribution in [0.3, 0.4) is 0 Å².